The molecule has 1 atom stereocenters. The second kappa shape index (κ2) is 7.41. The maximum Gasteiger partial charge on any atom is 0.249 e. The van der Waals surface area contributed by atoms with Gasteiger partial charge in [0.1, 0.15) is 6.33 Å². The van der Waals surface area contributed by atoms with Crippen molar-refractivity contribution in [2.45, 2.75) is 19.5 Å². The summed E-state index contributed by atoms with van der Waals surface area (Å²) in [5.74, 6) is -0.138. The first-order chi connectivity index (χ1) is 13.2. The molecule has 0 fully saturated rings. The number of amides is 1. The maximum atomic E-state index is 12.8. The van der Waals surface area contributed by atoms with Gasteiger partial charge >= 0.3 is 0 Å². The van der Waals surface area contributed by atoms with Crippen LogP contribution in [0.15, 0.2) is 67.1 Å². The number of carbonyl (C=O) groups excluding carboxylic acids is 1. The van der Waals surface area contributed by atoms with Crippen LogP contribution in [-0.2, 0) is 11.3 Å². The van der Waals surface area contributed by atoms with Gasteiger partial charge in [0, 0.05) is 24.8 Å². The highest BCUT2D eigenvalue weighted by Gasteiger charge is 2.23. The van der Waals surface area contributed by atoms with E-state index in [1.165, 1.54) is 22.0 Å². The van der Waals surface area contributed by atoms with Crippen molar-refractivity contribution in [2.24, 2.45) is 0 Å². The van der Waals surface area contributed by atoms with E-state index in [2.05, 4.69) is 56.6 Å². The van der Waals surface area contributed by atoms with E-state index in [1.807, 2.05) is 36.5 Å². The second-order valence-electron chi connectivity index (χ2n) is 6.47. The van der Waals surface area contributed by atoms with Gasteiger partial charge in [-0.2, -0.15) is 0 Å². The molecule has 0 aliphatic carbocycles. The molecule has 4 rings (SSSR count). The van der Waals surface area contributed by atoms with Crippen LogP contribution in [0.5, 0.6) is 0 Å². The molecule has 0 saturated heterocycles. The van der Waals surface area contributed by atoms with Crippen LogP contribution in [0.3, 0.4) is 0 Å². The molecule has 0 bridgehead atoms. The summed E-state index contributed by atoms with van der Waals surface area (Å²) in [5, 5.41) is 15.4. The molecule has 1 amide bonds. The Morgan fingerprint density at radius 3 is 2.78 bits per heavy atom. The van der Waals surface area contributed by atoms with Crippen LogP contribution in [0.2, 0.25) is 0 Å². The average molecular weight is 360 g/mol. The average Bonchev–Trinajstić information content (AvgIpc) is 3.33. The second-order valence-corrected chi connectivity index (χ2v) is 6.47. The molecule has 0 radical (unpaired) electrons. The quantitative estimate of drug-likeness (QED) is 0.572. The van der Waals surface area contributed by atoms with Crippen LogP contribution in [0.1, 0.15) is 17.2 Å². The Balaban J connectivity index is 1.47. The van der Waals surface area contributed by atoms with E-state index in [0.29, 0.717) is 13.1 Å². The largest absolute Gasteiger partial charge is 0.352 e. The molecular formula is C20H20N6O. The summed E-state index contributed by atoms with van der Waals surface area (Å²) < 4.78 is 3.61. The van der Waals surface area contributed by atoms with Crippen molar-refractivity contribution in [3.05, 3.63) is 78.2 Å². The zero-order chi connectivity index (χ0) is 18.6. The maximum absolute atomic E-state index is 12.8. The van der Waals surface area contributed by atoms with Crippen molar-refractivity contribution in [2.75, 3.05) is 6.54 Å². The molecule has 7 nitrogen and oxygen atoms in total. The standard InChI is InChI=1S/C20H20N6O/c1-15-7-8-18-17(13-15)9-11-25(18)12-10-21-20(27)19(26-14-22-23-24-26)16-5-3-2-4-6-16/h2-9,11,13-14,19H,10,12H2,1H3,(H,21,27)/t19-/m1/s1. The van der Waals surface area contributed by atoms with Gasteiger partial charge in [-0.3, -0.25) is 4.79 Å². The van der Waals surface area contributed by atoms with Gasteiger partial charge in [0.05, 0.1) is 0 Å². The first-order valence-corrected chi connectivity index (χ1v) is 8.83. The molecule has 0 unspecified atom stereocenters. The van der Waals surface area contributed by atoms with Gasteiger partial charge in [-0.05, 0) is 46.5 Å². The summed E-state index contributed by atoms with van der Waals surface area (Å²) in [6, 6.07) is 17.4. The number of hydrogen-bond donors (Lipinski definition) is 1. The molecule has 1 N–H and O–H groups in total. The minimum atomic E-state index is -0.592. The van der Waals surface area contributed by atoms with E-state index in [9.17, 15) is 4.79 Å². The van der Waals surface area contributed by atoms with E-state index in [4.69, 9.17) is 0 Å². The minimum absolute atomic E-state index is 0.138. The lowest BCUT2D eigenvalue weighted by molar-refractivity contribution is -0.123. The van der Waals surface area contributed by atoms with Crippen molar-refractivity contribution in [3.63, 3.8) is 0 Å². The molecule has 2 aromatic carbocycles. The highest BCUT2D eigenvalue weighted by molar-refractivity contribution is 5.83. The lowest BCUT2D eigenvalue weighted by Crippen LogP contribution is -2.35. The third-order valence-corrected chi connectivity index (χ3v) is 4.57. The van der Waals surface area contributed by atoms with E-state index in [-0.39, 0.29) is 5.91 Å². The zero-order valence-electron chi connectivity index (χ0n) is 15.0. The number of nitrogens with one attached hydrogen (secondary N) is 1. The van der Waals surface area contributed by atoms with Crippen LogP contribution in [0.4, 0.5) is 0 Å². The Hall–Kier alpha value is -3.48. The Kier molecular flexibility index (Phi) is 4.65. The van der Waals surface area contributed by atoms with E-state index < -0.39 is 6.04 Å². The molecule has 27 heavy (non-hydrogen) atoms. The van der Waals surface area contributed by atoms with E-state index >= 15 is 0 Å². The molecule has 4 aromatic rings. The number of aryl methyl sites for hydroxylation is 1. The van der Waals surface area contributed by atoms with Gasteiger partial charge in [-0.1, -0.05) is 42.0 Å². The van der Waals surface area contributed by atoms with Gasteiger partial charge < -0.3 is 9.88 Å². The fourth-order valence-corrected chi connectivity index (χ4v) is 3.26. The Bertz CT molecular complexity index is 1040. The number of nitrogens with zero attached hydrogens (tertiary/aromatic N) is 5. The molecule has 136 valence electrons. The number of fused-ring (bicyclic) bond motifs is 1. The summed E-state index contributed by atoms with van der Waals surface area (Å²) in [4.78, 5) is 12.8. The number of benzene rings is 2. The van der Waals surface area contributed by atoms with Crippen molar-refractivity contribution in [1.82, 2.24) is 30.1 Å². The summed E-state index contributed by atoms with van der Waals surface area (Å²) in [5.41, 5.74) is 3.24. The third kappa shape index (κ3) is 3.57. The summed E-state index contributed by atoms with van der Waals surface area (Å²) in [6.07, 6.45) is 3.51. The first kappa shape index (κ1) is 17.0. The molecule has 0 aliphatic rings. The van der Waals surface area contributed by atoms with Gasteiger partial charge in [0.2, 0.25) is 5.91 Å². The van der Waals surface area contributed by atoms with Crippen LogP contribution < -0.4 is 5.32 Å². The monoisotopic (exact) mass is 360 g/mol. The predicted molar refractivity (Wildman–Crippen MR) is 102 cm³/mol. The number of carbonyl (C=O) groups is 1. The summed E-state index contributed by atoms with van der Waals surface area (Å²) in [7, 11) is 0. The van der Waals surface area contributed by atoms with Crippen LogP contribution in [0, 0.1) is 6.92 Å². The van der Waals surface area contributed by atoms with Crippen LogP contribution in [-0.4, -0.2) is 37.2 Å². The lowest BCUT2D eigenvalue weighted by atomic mass is 10.1. The normalized spacial score (nSPS) is 12.2. The summed E-state index contributed by atoms with van der Waals surface area (Å²) >= 11 is 0. The Morgan fingerprint density at radius 2 is 2.00 bits per heavy atom. The molecule has 2 heterocycles. The smallest absolute Gasteiger partial charge is 0.249 e. The zero-order valence-corrected chi connectivity index (χ0v) is 15.0. The fourth-order valence-electron chi connectivity index (χ4n) is 3.26. The van der Waals surface area contributed by atoms with E-state index in [1.54, 1.807) is 0 Å². The SMILES string of the molecule is Cc1ccc2c(ccn2CCNC(=O)[C@@H](c2ccccc2)n2cnnn2)c1. The molecule has 2 aromatic heterocycles. The molecule has 0 aliphatic heterocycles. The minimum Gasteiger partial charge on any atom is -0.352 e. The van der Waals surface area contributed by atoms with Crippen LogP contribution >= 0.6 is 0 Å². The highest BCUT2D eigenvalue weighted by Crippen LogP contribution is 2.18. The van der Waals surface area contributed by atoms with Gasteiger partial charge in [0.25, 0.3) is 0 Å². The fraction of sp³-hybridized carbons (Fsp3) is 0.200. The third-order valence-electron chi connectivity index (χ3n) is 4.57. The van der Waals surface area contributed by atoms with Gasteiger partial charge in [0.15, 0.2) is 6.04 Å². The van der Waals surface area contributed by atoms with E-state index in [0.717, 1.165) is 11.1 Å². The molecular weight excluding hydrogens is 340 g/mol. The predicted octanol–water partition coefficient (Wildman–Crippen LogP) is 2.34. The number of tetrazole rings is 1. The van der Waals surface area contributed by atoms with Gasteiger partial charge in [-0.25, -0.2) is 4.68 Å². The number of hydrogen-bond acceptors (Lipinski definition) is 4. The van der Waals surface area contributed by atoms with Crippen molar-refractivity contribution < 1.29 is 4.79 Å². The molecule has 0 saturated carbocycles. The Labute approximate surface area is 156 Å². The molecule has 0 spiro atoms. The lowest BCUT2D eigenvalue weighted by Gasteiger charge is -2.17. The summed E-state index contributed by atoms with van der Waals surface area (Å²) in [6.45, 7) is 3.29. The highest BCUT2D eigenvalue weighted by atomic mass is 16.2. The van der Waals surface area contributed by atoms with Crippen LogP contribution in [0.25, 0.3) is 10.9 Å². The number of rotatable bonds is 6. The molecule has 7 heteroatoms. The topological polar surface area (TPSA) is 77.6 Å². The number of aromatic nitrogens is 5. The van der Waals surface area contributed by atoms with Gasteiger partial charge in [-0.15, -0.1) is 5.10 Å². The van der Waals surface area contributed by atoms with Crippen molar-refractivity contribution in [3.8, 4) is 0 Å². The Morgan fingerprint density at radius 1 is 1.15 bits per heavy atom. The van der Waals surface area contributed by atoms with Crippen molar-refractivity contribution in [1.29, 1.82) is 0 Å². The first-order valence-electron chi connectivity index (χ1n) is 8.83. The van der Waals surface area contributed by atoms with Crippen molar-refractivity contribution >= 4 is 16.8 Å².